The zero-order chi connectivity index (χ0) is 20.6. The molecular formula is C22H18N4O3. The van der Waals surface area contributed by atoms with Gasteiger partial charge >= 0.3 is 5.97 Å². The van der Waals surface area contributed by atoms with E-state index >= 15 is 0 Å². The summed E-state index contributed by atoms with van der Waals surface area (Å²) in [6.07, 6.45) is 1.43. The van der Waals surface area contributed by atoms with Crippen LogP contribution in [0, 0.1) is 11.3 Å². The zero-order valence-corrected chi connectivity index (χ0v) is 15.7. The van der Waals surface area contributed by atoms with Gasteiger partial charge in [0.2, 0.25) is 0 Å². The van der Waals surface area contributed by atoms with Crippen molar-refractivity contribution in [1.29, 1.82) is 5.26 Å². The predicted molar refractivity (Wildman–Crippen MR) is 109 cm³/mol. The average molecular weight is 386 g/mol. The molecule has 0 fully saturated rings. The summed E-state index contributed by atoms with van der Waals surface area (Å²) in [7, 11) is 0. The first kappa shape index (κ1) is 19.6. The monoisotopic (exact) mass is 386 g/mol. The van der Waals surface area contributed by atoms with Crippen molar-refractivity contribution < 1.29 is 14.3 Å². The van der Waals surface area contributed by atoms with E-state index < -0.39 is 11.9 Å². The number of esters is 1. The highest BCUT2D eigenvalue weighted by Gasteiger charge is 2.15. The van der Waals surface area contributed by atoms with Crippen LogP contribution in [0.4, 0.5) is 17.2 Å². The highest BCUT2D eigenvalue weighted by molar-refractivity contribution is 6.07. The maximum Gasteiger partial charge on any atom is 0.340 e. The normalized spacial score (nSPS) is 9.93. The Kier molecular flexibility index (Phi) is 6.18. The molecule has 0 spiro atoms. The molecule has 3 rings (SSSR count). The summed E-state index contributed by atoms with van der Waals surface area (Å²) in [4.78, 5) is 28.8. The molecule has 1 amide bonds. The van der Waals surface area contributed by atoms with Crippen LogP contribution in [0.2, 0.25) is 0 Å². The number of nitriles is 1. The second kappa shape index (κ2) is 9.15. The number of hydrogen-bond donors (Lipinski definition) is 2. The summed E-state index contributed by atoms with van der Waals surface area (Å²) in [6.45, 7) is 1.97. The van der Waals surface area contributed by atoms with Gasteiger partial charge in [0, 0.05) is 11.9 Å². The molecule has 0 radical (unpaired) electrons. The number of hydrogen-bond acceptors (Lipinski definition) is 6. The number of pyridine rings is 1. The van der Waals surface area contributed by atoms with Crippen LogP contribution in [0.1, 0.15) is 33.2 Å². The summed E-state index contributed by atoms with van der Waals surface area (Å²) in [5, 5.41) is 14.8. The number of para-hydroxylation sites is 1. The number of nitrogens with one attached hydrogen (secondary N) is 2. The van der Waals surface area contributed by atoms with Crippen molar-refractivity contribution in [1.82, 2.24) is 4.98 Å². The van der Waals surface area contributed by atoms with Crippen molar-refractivity contribution in [3.05, 3.63) is 83.6 Å². The molecule has 7 heteroatoms. The number of rotatable bonds is 6. The van der Waals surface area contributed by atoms with Crippen molar-refractivity contribution in [2.45, 2.75) is 6.92 Å². The van der Waals surface area contributed by atoms with Crippen molar-refractivity contribution >= 4 is 29.1 Å². The number of carbonyl (C=O) groups excluding carboxylic acids is 2. The summed E-state index contributed by atoms with van der Waals surface area (Å²) in [5.41, 5.74) is 2.24. The van der Waals surface area contributed by atoms with Crippen LogP contribution in [-0.4, -0.2) is 23.5 Å². The predicted octanol–water partition coefficient (Wildman–Crippen LogP) is 4.13. The van der Waals surface area contributed by atoms with E-state index in [4.69, 9.17) is 10.00 Å². The SMILES string of the molecule is CCOC(=O)c1ccccc1NC(=O)c1ccc(Nc2cccc(C#N)c2)nc1. The van der Waals surface area contributed by atoms with Crippen molar-refractivity contribution in [2.24, 2.45) is 0 Å². The van der Waals surface area contributed by atoms with Gasteiger partial charge < -0.3 is 15.4 Å². The molecule has 2 N–H and O–H groups in total. The third kappa shape index (κ3) is 4.96. The topological polar surface area (TPSA) is 104 Å². The van der Waals surface area contributed by atoms with E-state index in [1.54, 1.807) is 61.5 Å². The van der Waals surface area contributed by atoms with Crippen molar-refractivity contribution in [3.8, 4) is 6.07 Å². The first-order valence-electron chi connectivity index (χ1n) is 8.91. The first-order valence-corrected chi connectivity index (χ1v) is 8.91. The van der Waals surface area contributed by atoms with Crippen LogP contribution in [-0.2, 0) is 4.74 Å². The van der Waals surface area contributed by atoms with E-state index in [1.165, 1.54) is 6.20 Å². The molecule has 0 saturated heterocycles. The summed E-state index contributed by atoms with van der Waals surface area (Å²) in [6, 6.07) is 19.0. The van der Waals surface area contributed by atoms with Crippen LogP contribution >= 0.6 is 0 Å². The fraction of sp³-hybridized carbons (Fsp3) is 0.0909. The van der Waals surface area contributed by atoms with Crippen LogP contribution in [0.5, 0.6) is 0 Å². The van der Waals surface area contributed by atoms with Gasteiger partial charge in [0.1, 0.15) is 5.82 Å². The molecule has 3 aromatic rings. The minimum atomic E-state index is -0.499. The van der Waals surface area contributed by atoms with Crippen LogP contribution in [0.25, 0.3) is 0 Å². The molecule has 0 aliphatic carbocycles. The molecule has 0 atom stereocenters. The number of amides is 1. The minimum absolute atomic E-state index is 0.247. The molecule has 0 saturated carbocycles. The highest BCUT2D eigenvalue weighted by atomic mass is 16.5. The molecule has 0 bridgehead atoms. The smallest absolute Gasteiger partial charge is 0.340 e. The first-order chi connectivity index (χ1) is 14.1. The standard InChI is InChI=1S/C22H18N4O3/c1-2-29-22(28)18-8-3-4-9-19(18)26-21(27)16-10-11-20(24-14-16)25-17-7-5-6-15(12-17)13-23/h3-12,14H,2H2,1H3,(H,24,25)(H,26,27). The Balaban J connectivity index is 1.71. The van der Waals surface area contributed by atoms with Gasteiger partial charge in [0.05, 0.1) is 35.1 Å². The maximum absolute atomic E-state index is 12.5. The van der Waals surface area contributed by atoms with E-state index in [0.717, 1.165) is 5.69 Å². The number of ether oxygens (including phenoxy) is 1. The summed E-state index contributed by atoms with van der Waals surface area (Å²) in [5.74, 6) is -0.364. The lowest BCUT2D eigenvalue weighted by molar-refractivity contribution is 0.0527. The van der Waals surface area contributed by atoms with E-state index in [2.05, 4.69) is 21.7 Å². The lowest BCUT2D eigenvalue weighted by atomic mass is 10.1. The van der Waals surface area contributed by atoms with Gasteiger partial charge in [-0.3, -0.25) is 4.79 Å². The van der Waals surface area contributed by atoms with Crippen molar-refractivity contribution in [2.75, 3.05) is 17.2 Å². The second-order valence-electron chi connectivity index (χ2n) is 5.97. The van der Waals surface area contributed by atoms with E-state index in [0.29, 0.717) is 22.6 Å². The fourth-order valence-corrected chi connectivity index (χ4v) is 2.59. The van der Waals surface area contributed by atoms with Crippen LogP contribution in [0.15, 0.2) is 66.9 Å². The molecule has 0 aliphatic heterocycles. The highest BCUT2D eigenvalue weighted by Crippen LogP contribution is 2.19. The van der Waals surface area contributed by atoms with Gasteiger partial charge in [0.25, 0.3) is 5.91 Å². The van der Waals surface area contributed by atoms with Crippen molar-refractivity contribution in [3.63, 3.8) is 0 Å². The average Bonchev–Trinajstić information content (AvgIpc) is 2.75. The third-order valence-electron chi connectivity index (χ3n) is 3.96. The van der Waals surface area contributed by atoms with Gasteiger partial charge in [-0.05, 0) is 49.4 Å². The molecule has 2 aromatic carbocycles. The zero-order valence-electron chi connectivity index (χ0n) is 15.7. The van der Waals surface area contributed by atoms with Gasteiger partial charge in [0.15, 0.2) is 0 Å². The Morgan fingerprint density at radius 2 is 1.93 bits per heavy atom. The maximum atomic E-state index is 12.5. The molecule has 0 aliphatic rings. The lowest BCUT2D eigenvalue weighted by Crippen LogP contribution is -2.16. The number of anilines is 3. The quantitative estimate of drug-likeness (QED) is 0.618. The molecule has 1 heterocycles. The van der Waals surface area contributed by atoms with Gasteiger partial charge in [-0.1, -0.05) is 18.2 Å². The van der Waals surface area contributed by atoms with E-state index in [1.807, 2.05) is 6.07 Å². The molecule has 29 heavy (non-hydrogen) atoms. The fourth-order valence-electron chi connectivity index (χ4n) is 2.59. The number of aromatic nitrogens is 1. The van der Waals surface area contributed by atoms with Crippen LogP contribution < -0.4 is 10.6 Å². The number of benzene rings is 2. The largest absolute Gasteiger partial charge is 0.462 e. The Labute approximate surface area is 168 Å². The molecule has 144 valence electrons. The summed E-state index contributed by atoms with van der Waals surface area (Å²) < 4.78 is 5.01. The van der Waals surface area contributed by atoms with E-state index in [9.17, 15) is 9.59 Å². The number of nitrogens with zero attached hydrogens (tertiary/aromatic N) is 2. The van der Waals surface area contributed by atoms with Gasteiger partial charge in [-0.2, -0.15) is 5.26 Å². The molecular weight excluding hydrogens is 368 g/mol. The summed E-state index contributed by atoms with van der Waals surface area (Å²) >= 11 is 0. The number of carbonyl (C=O) groups is 2. The Morgan fingerprint density at radius 1 is 1.10 bits per heavy atom. The molecule has 0 unspecified atom stereocenters. The third-order valence-corrected chi connectivity index (χ3v) is 3.96. The second-order valence-corrected chi connectivity index (χ2v) is 5.97. The molecule has 7 nitrogen and oxygen atoms in total. The Morgan fingerprint density at radius 3 is 2.66 bits per heavy atom. The van der Waals surface area contributed by atoms with E-state index in [-0.39, 0.29) is 12.2 Å². The van der Waals surface area contributed by atoms with Gasteiger partial charge in [-0.25, -0.2) is 9.78 Å². The molecule has 1 aromatic heterocycles. The Hall–Kier alpha value is -4.18. The van der Waals surface area contributed by atoms with Gasteiger partial charge in [-0.15, -0.1) is 0 Å². The Bertz CT molecular complexity index is 1070. The minimum Gasteiger partial charge on any atom is -0.462 e. The lowest BCUT2D eigenvalue weighted by Gasteiger charge is -2.11. The van der Waals surface area contributed by atoms with Crippen LogP contribution in [0.3, 0.4) is 0 Å².